The average Bonchev–Trinajstić information content (AvgIpc) is 2.36. The van der Waals surface area contributed by atoms with E-state index in [9.17, 15) is 10.1 Å². The zero-order chi connectivity index (χ0) is 13.5. The summed E-state index contributed by atoms with van der Waals surface area (Å²) in [6.07, 6.45) is 1.36. The van der Waals surface area contributed by atoms with Crippen LogP contribution in [0.4, 0.5) is 5.69 Å². The lowest BCUT2D eigenvalue weighted by Crippen LogP contribution is -2.02. The van der Waals surface area contributed by atoms with Crippen molar-refractivity contribution in [3.63, 3.8) is 0 Å². The van der Waals surface area contributed by atoms with Crippen LogP contribution in [0.25, 0.3) is 0 Å². The Labute approximate surface area is 105 Å². The molecule has 1 aromatic rings. The molecule has 18 heavy (non-hydrogen) atoms. The predicted molar refractivity (Wildman–Crippen MR) is 67.5 cm³/mol. The number of methoxy groups -OCH3 is 1. The van der Waals surface area contributed by atoms with Crippen molar-refractivity contribution >= 4 is 11.9 Å². The number of ether oxygens (including phenoxy) is 2. The Morgan fingerprint density at radius 2 is 2.22 bits per heavy atom. The zero-order valence-electron chi connectivity index (χ0n) is 10.5. The summed E-state index contributed by atoms with van der Waals surface area (Å²) in [5.41, 5.74) is 2.79. The summed E-state index contributed by atoms with van der Waals surface area (Å²) in [6.45, 7) is 2.26. The minimum atomic E-state index is -0.491. The lowest BCUT2D eigenvalue weighted by molar-refractivity contribution is -0.385. The molecule has 1 rings (SSSR count). The van der Waals surface area contributed by atoms with Crippen LogP contribution in [0.15, 0.2) is 17.2 Å². The van der Waals surface area contributed by atoms with Crippen LogP contribution >= 0.6 is 0 Å². The van der Waals surface area contributed by atoms with Gasteiger partial charge in [0.25, 0.3) is 5.69 Å². The molecule has 0 heterocycles. The third-order valence-electron chi connectivity index (χ3n) is 2.14. The number of nitrogens with one attached hydrogen (secondary N) is 1. The van der Waals surface area contributed by atoms with E-state index in [0.29, 0.717) is 23.7 Å². The number of nitrogens with zero attached hydrogens (tertiary/aromatic N) is 2. The van der Waals surface area contributed by atoms with Crippen LogP contribution in [0.3, 0.4) is 0 Å². The van der Waals surface area contributed by atoms with Gasteiger partial charge < -0.3 is 14.9 Å². The molecule has 98 valence electrons. The van der Waals surface area contributed by atoms with Crippen LogP contribution in [-0.4, -0.2) is 31.9 Å². The number of rotatable bonds is 6. The topological polar surface area (TPSA) is 86.0 Å². The Balaban J connectivity index is 3.32. The fourth-order valence-corrected chi connectivity index (χ4v) is 1.39. The fourth-order valence-electron chi connectivity index (χ4n) is 1.39. The van der Waals surface area contributed by atoms with Crippen molar-refractivity contribution in [3.05, 3.63) is 27.8 Å². The minimum absolute atomic E-state index is 0.0886. The number of benzene rings is 1. The maximum absolute atomic E-state index is 10.9. The Hall–Kier alpha value is -2.31. The second kappa shape index (κ2) is 6.43. The molecule has 1 aromatic carbocycles. The van der Waals surface area contributed by atoms with Gasteiger partial charge in [0.2, 0.25) is 0 Å². The molecule has 0 saturated carbocycles. The van der Waals surface area contributed by atoms with Crippen molar-refractivity contribution in [2.45, 2.75) is 6.92 Å². The van der Waals surface area contributed by atoms with Gasteiger partial charge in [-0.25, -0.2) is 0 Å². The minimum Gasteiger partial charge on any atom is -0.493 e. The van der Waals surface area contributed by atoms with Gasteiger partial charge >= 0.3 is 0 Å². The van der Waals surface area contributed by atoms with Gasteiger partial charge in [0.15, 0.2) is 11.5 Å². The summed E-state index contributed by atoms with van der Waals surface area (Å²) < 4.78 is 10.4. The van der Waals surface area contributed by atoms with Crippen LogP contribution in [0.2, 0.25) is 0 Å². The predicted octanol–water partition coefficient (Wildman–Crippen LogP) is 1.56. The second-order valence-electron chi connectivity index (χ2n) is 3.23. The number of hydrogen-bond acceptors (Lipinski definition) is 6. The van der Waals surface area contributed by atoms with E-state index >= 15 is 0 Å². The van der Waals surface area contributed by atoms with E-state index in [1.165, 1.54) is 25.5 Å². The maximum Gasteiger partial charge on any atom is 0.282 e. The summed E-state index contributed by atoms with van der Waals surface area (Å²) in [5, 5.41) is 14.7. The average molecular weight is 253 g/mol. The normalized spacial score (nSPS) is 10.4. The zero-order valence-corrected chi connectivity index (χ0v) is 10.5. The van der Waals surface area contributed by atoms with Gasteiger partial charge in [-0.2, -0.15) is 5.10 Å². The summed E-state index contributed by atoms with van der Waals surface area (Å²) >= 11 is 0. The van der Waals surface area contributed by atoms with E-state index in [1.807, 2.05) is 6.92 Å². The maximum atomic E-state index is 10.9. The second-order valence-corrected chi connectivity index (χ2v) is 3.23. The van der Waals surface area contributed by atoms with E-state index in [1.54, 1.807) is 7.05 Å². The molecule has 0 aromatic heterocycles. The number of nitro groups is 1. The number of hydrogen-bond donors (Lipinski definition) is 1. The van der Waals surface area contributed by atoms with Crippen molar-refractivity contribution in [1.29, 1.82) is 0 Å². The van der Waals surface area contributed by atoms with Crippen molar-refractivity contribution < 1.29 is 14.4 Å². The number of nitro benzene ring substituents is 1. The highest BCUT2D eigenvalue weighted by Crippen LogP contribution is 2.33. The van der Waals surface area contributed by atoms with Gasteiger partial charge in [-0.05, 0) is 13.0 Å². The molecule has 0 aliphatic heterocycles. The molecule has 0 fully saturated rings. The third kappa shape index (κ3) is 3.09. The Bertz CT molecular complexity index is 460. The highest BCUT2D eigenvalue weighted by molar-refractivity contribution is 5.86. The molecule has 0 bridgehead atoms. The summed E-state index contributed by atoms with van der Waals surface area (Å²) in [6, 6.07) is 2.85. The van der Waals surface area contributed by atoms with Crippen molar-refractivity contribution in [1.82, 2.24) is 5.43 Å². The number of hydrazone groups is 1. The van der Waals surface area contributed by atoms with Crippen LogP contribution in [0, 0.1) is 10.1 Å². The molecule has 0 atom stereocenters. The molecular weight excluding hydrogens is 238 g/mol. The molecule has 0 aliphatic rings. The van der Waals surface area contributed by atoms with E-state index in [2.05, 4.69) is 10.5 Å². The summed E-state index contributed by atoms with van der Waals surface area (Å²) in [5.74, 6) is 0.772. The monoisotopic (exact) mass is 253 g/mol. The van der Waals surface area contributed by atoms with Gasteiger partial charge in [0, 0.05) is 7.05 Å². The molecule has 0 amide bonds. The van der Waals surface area contributed by atoms with Crippen LogP contribution in [-0.2, 0) is 0 Å². The molecule has 7 heteroatoms. The molecule has 0 aliphatic carbocycles. The Morgan fingerprint density at radius 1 is 1.50 bits per heavy atom. The lowest BCUT2D eigenvalue weighted by Gasteiger charge is -2.10. The fraction of sp³-hybridized carbons (Fsp3) is 0.364. The summed E-state index contributed by atoms with van der Waals surface area (Å²) in [4.78, 5) is 10.5. The van der Waals surface area contributed by atoms with Gasteiger partial charge in [0.05, 0.1) is 36.5 Å². The largest absolute Gasteiger partial charge is 0.493 e. The molecule has 7 nitrogen and oxygen atoms in total. The summed E-state index contributed by atoms with van der Waals surface area (Å²) in [7, 11) is 3.04. The van der Waals surface area contributed by atoms with Gasteiger partial charge in [-0.15, -0.1) is 0 Å². The molecular formula is C11H15N3O4. The molecule has 1 N–H and O–H groups in total. The molecule has 0 unspecified atom stereocenters. The lowest BCUT2D eigenvalue weighted by atomic mass is 10.1. The van der Waals surface area contributed by atoms with E-state index in [4.69, 9.17) is 9.47 Å². The highest BCUT2D eigenvalue weighted by Gasteiger charge is 2.18. The molecule has 0 radical (unpaired) electrons. The first-order valence-electron chi connectivity index (χ1n) is 5.33. The van der Waals surface area contributed by atoms with Crippen molar-refractivity contribution in [2.75, 3.05) is 20.8 Å². The van der Waals surface area contributed by atoms with Crippen molar-refractivity contribution in [3.8, 4) is 11.5 Å². The third-order valence-corrected chi connectivity index (χ3v) is 2.14. The van der Waals surface area contributed by atoms with Gasteiger partial charge in [0.1, 0.15) is 0 Å². The Kier molecular flexibility index (Phi) is 4.91. The standard InChI is InChI=1S/C11H15N3O4/c1-4-18-11-5-8(7-13-12-2)9(14(15)16)6-10(11)17-3/h5-7,12H,4H2,1-3H3. The van der Waals surface area contributed by atoms with Crippen LogP contribution in [0.5, 0.6) is 11.5 Å². The Morgan fingerprint density at radius 3 is 2.72 bits per heavy atom. The van der Waals surface area contributed by atoms with Crippen molar-refractivity contribution in [2.24, 2.45) is 5.10 Å². The van der Waals surface area contributed by atoms with E-state index in [0.717, 1.165) is 0 Å². The first-order valence-corrected chi connectivity index (χ1v) is 5.33. The first-order chi connectivity index (χ1) is 8.63. The van der Waals surface area contributed by atoms with E-state index in [-0.39, 0.29) is 5.69 Å². The van der Waals surface area contributed by atoms with Gasteiger partial charge in [-0.1, -0.05) is 0 Å². The van der Waals surface area contributed by atoms with E-state index < -0.39 is 4.92 Å². The quantitative estimate of drug-likeness (QED) is 0.472. The van der Waals surface area contributed by atoms with Gasteiger partial charge in [-0.3, -0.25) is 10.1 Å². The molecule has 0 spiro atoms. The van der Waals surface area contributed by atoms with Crippen LogP contribution < -0.4 is 14.9 Å². The van der Waals surface area contributed by atoms with Crippen LogP contribution in [0.1, 0.15) is 12.5 Å². The molecule has 0 saturated heterocycles. The smallest absolute Gasteiger partial charge is 0.282 e. The SMILES string of the molecule is CCOc1cc(C=NNC)c([N+](=O)[O-])cc1OC. The highest BCUT2D eigenvalue weighted by atomic mass is 16.6. The first kappa shape index (κ1) is 13.8.